The van der Waals surface area contributed by atoms with Gasteiger partial charge in [0.2, 0.25) is 0 Å². The number of rotatable bonds is 4. The molecule has 1 aromatic carbocycles. The third kappa shape index (κ3) is 4.27. The van der Waals surface area contributed by atoms with Crippen LogP contribution in [-0.4, -0.2) is 48.0 Å². The molecule has 2 aliphatic rings. The van der Waals surface area contributed by atoms with E-state index in [0.29, 0.717) is 24.3 Å². The largest absolute Gasteiger partial charge is 0.366 e. The molecule has 0 aliphatic carbocycles. The molecule has 0 spiro atoms. The lowest BCUT2D eigenvalue weighted by Crippen LogP contribution is -2.45. The number of nitrogens with zero attached hydrogens (tertiary/aromatic N) is 3. The highest BCUT2D eigenvalue weighted by atomic mass is 35.5. The average molecular weight is 383 g/mol. The number of hydrogen-bond donors (Lipinski definition) is 1. The molecule has 3 rings (SSSR count). The number of benzene rings is 1. The van der Waals surface area contributed by atoms with Crippen LogP contribution in [0.25, 0.3) is 0 Å². The Hall–Kier alpha value is -1.86. The van der Waals surface area contributed by atoms with Gasteiger partial charge in [-0.25, -0.2) is 0 Å². The molecule has 2 saturated heterocycles. The quantitative estimate of drug-likeness (QED) is 0.638. The molecule has 2 fully saturated rings. The number of nitro groups is 1. The summed E-state index contributed by atoms with van der Waals surface area (Å²) in [6.45, 7) is 4.93. The minimum absolute atomic E-state index is 0. The van der Waals surface area contributed by atoms with Crippen LogP contribution >= 0.6 is 12.4 Å². The standard InChI is InChI=1S/C18H26N4O3.ClH/c1-13(19)15-5-4-10-21(12-15)18(23)14-6-7-16(17(11-14)22(24)25)20-8-2-3-9-20;/h6-7,11,13,15H,2-5,8-10,12,19H2,1H3;1H. The summed E-state index contributed by atoms with van der Waals surface area (Å²) in [5.41, 5.74) is 7.02. The number of anilines is 1. The van der Waals surface area contributed by atoms with Gasteiger partial charge >= 0.3 is 0 Å². The number of nitro benzene ring substituents is 1. The van der Waals surface area contributed by atoms with E-state index in [1.807, 2.05) is 11.8 Å². The van der Waals surface area contributed by atoms with Gasteiger partial charge in [0, 0.05) is 43.9 Å². The van der Waals surface area contributed by atoms with Crippen molar-refractivity contribution in [1.82, 2.24) is 4.90 Å². The number of hydrogen-bond acceptors (Lipinski definition) is 5. The Balaban J connectivity index is 0.00000243. The molecule has 2 atom stereocenters. The second-order valence-corrected chi connectivity index (χ2v) is 7.17. The lowest BCUT2D eigenvalue weighted by atomic mass is 9.92. The Bertz CT molecular complexity index is 662. The first-order valence-corrected chi connectivity index (χ1v) is 9.05. The van der Waals surface area contributed by atoms with Gasteiger partial charge in [0.25, 0.3) is 11.6 Å². The minimum Gasteiger partial charge on any atom is -0.366 e. The Morgan fingerprint density at radius 1 is 1.27 bits per heavy atom. The van der Waals surface area contributed by atoms with Gasteiger partial charge in [-0.2, -0.15) is 0 Å². The van der Waals surface area contributed by atoms with E-state index in [1.54, 1.807) is 17.0 Å². The molecule has 2 heterocycles. The van der Waals surface area contributed by atoms with E-state index < -0.39 is 0 Å². The predicted octanol–water partition coefficient (Wildman–Crippen LogP) is 2.82. The van der Waals surface area contributed by atoms with E-state index in [9.17, 15) is 14.9 Å². The van der Waals surface area contributed by atoms with Crippen LogP contribution in [0.5, 0.6) is 0 Å². The van der Waals surface area contributed by atoms with E-state index in [0.717, 1.165) is 38.8 Å². The number of carbonyl (C=O) groups excluding carboxylic acids is 1. The van der Waals surface area contributed by atoms with Crippen molar-refractivity contribution in [1.29, 1.82) is 0 Å². The van der Waals surface area contributed by atoms with Gasteiger partial charge in [0.05, 0.1) is 4.92 Å². The topological polar surface area (TPSA) is 92.7 Å². The molecule has 2 aliphatic heterocycles. The molecule has 2 N–H and O–H groups in total. The van der Waals surface area contributed by atoms with Crippen molar-refractivity contribution in [3.8, 4) is 0 Å². The highest BCUT2D eigenvalue weighted by molar-refractivity contribution is 5.96. The van der Waals surface area contributed by atoms with Crippen molar-refractivity contribution in [2.24, 2.45) is 11.7 Å². The van der Waals surface area contributed by atoms with Gasteiger partial charge < -0.3 is 15.5 Å². The normalized spacial score (nSPS) is 21.2. The summed E-state index contributed by atoms with van der Waals surface area (Å²) in [5, 5.41) is 11.5. The van der Waals surface area contributed by atoms with E-state index in [1.165, 1.54) is 6.07 Å². The lowest BCUT2D eigenvalue weighted by Gasteiger charge is -2.34. The molecule has 144 valence electrons. The van der Waals surface area contributed by atoms with E-state index in [2.05, 4.69) is 0 Å². The number of halogens is 1. The zero-order chi connectivity index (χ0) is 18.0. The molecule has 0 aromatic heterocycles. The first-order chi connectivity index (χ1) is 12.0. The van der Waals surface area contributed by atoms with Crippen LogP contribution in [0.3, 0.4) is 0 Å². The van der Waals surface area contributed by atoms with Crippen molar-refractivity contribution >= 4 is 29.7 Å². The maximum absolute atomic E-state index is 12.8. The smallest absolute Gasteiger partial charge is 0.293 e. The first kappa shape index (κ1) is 20.5. The van der Waals surface area contributed by atoms with Crippen LogP contribution < -0.4 is 10.6 Å². The van der Waals surface area contributed by atoms with Crippen molar-refractivity contribution < 1.29 is 9.72 Å². The van der Waals surface area contributed by atoms with Gasteiger partial charge in [-0.15, -0.1) is 12.4 Å². The highest BCUT2D eigenvalue weighted by Gasteiger charge is 2.29. The summed E-state index contributed by atoms with van der Waals surface area (Å²) in [7, 11) is 0. The number of carbonyl (C=O) groups is 1. The fourth-order valence-corrected chi connectivity index (χ4v) is 3.83. The molecule has 0 saturated carbocycles. The Morgan fingerprint density at radius 3 is 2.58 bits per heavy atom. The van der Waals surface area contributed by atoms with Gasteiger partial charge in [0.15, 0.2) is 0 Å². The van der Waals surface area contributed by atoms with Crippen molar-refractivity contribution in [2.45, 2.75) is 38.6 Å². The highest BCUT2D eigenvalue weighted by Crippen LogP contribution is 2.32. The average Bonchev–Trinajstić information content (AvgIpc) is 3.15. The number of piperidine rings is 1. The van der Waals surface area contributed by atoms with E-state index in [-0.39, 0.29) is 40.9 Å². The molecule has 2 unspecified atom stereocenters. The third-order valence-electron chi connectivity index (χ3n) is 5.35. The Morgan fingerprint density at radius 2 is 1.96 bits per heavy atom. The van der Waals surface area contributed by atoms with E-state index in [4.69, 9.17) is 5.73 Å². The summed E-state index contributed by atoms with van der Waals surface area (Å²) in [6.07, 6.45) is 4.04. The molecule has 0 radical (unpaired) electrons. The van der Waals surface area contributed by atoms with Crippen LogP contribution in [0, 0.1) is 16.0 Å². The summed E-state index contributed by atoms with van der Waals surface area (Å²) >= 11 is 0. The van der Waals surface area contributed by atoms with Crippen LogP contribution in [0.4, 0.5) is 11.4 Å². The Labute approximate surface area is 160 Å². The molecule has 1 aromatic rings. The molecule has 26 heavy (non-hydrogen) atoms. The molecule has 7 nitrogen and oxygen atoms in total. The third-order valence-corrected chi connectivity index (χ3v) is 5.35. The first-order valence-electron chi connectivity index (χ1n) is 9.05. The second kappa shape index (κ2) is 8.68. The van der Waals surface area contributed by atoms with Crippen LogP contribution in [0.2, 0.25) is 0 Å². The molecule has 1 amide bonds. The van der Waals surface area contributed by atoms with Crippen molar-refractivity contribution in [3.63, 3.8) is 0 Å². The summed E-state index contributed by atoms with van der Waals surface area (Å²) < 4.78 is 0. The van der Waals surface area contributed by atoms with Gasteiger partial charge in [-0.1, -0.05) is 0 Å². The van der Waals surface area contributed by atoms with E-state index >= 15 is 0 Å². The summed E-state index contributed by atoms with van der Waals surface area (Å²) in [5.74, 6) is 0.151. The summed E-state index contributed by atoms with van der Waals surface area (Å²) in [6, 6.07) is 4.93. The number of nitrogens with two attached hydrogens (primary N) is 1. The minimum atomic E-state index is -0.384. The van der Waals surface area contributed by atoms with Crippen molar-refractivity contribution in [3.05, 3.63) is 33.9 Å². The molecular formula is C18H27ClN4O3. The molecule has 0 bridgehead atoms. The molecule has 8 heteroatoms. The number of likely N-dealkylation sites (tertiary alicyclic amines) is 1. The zero-order valence-electron chi connectivity index (χ0n) is 15.1. The van der Waals surface area contributed by atoms with Gasteiger partial charge in [-0.3, -0.25) is 14.9 Å². The van der Waals surface area contributed by atoms with Gasteiger partial charge in [0.1, 0.15) is 5.69 Å². The maximum atomic E-state index is 12.8. The SMILES string of the molecule is CC(N)C1CCCN(C(=O)c2ccc(N3CCCC3)c([N+](=O)[O-])c2)C1.Cl. The fourth-order valence-electron chi connectivity index (χ4n) is 3.83. The fraction of sp³-hybridized carbons (Fsp3) is 0.611. The van der Waals surface area contributed by atoms with Crippen molar-refractivity contribution in [2.75, 3.05) is 31.1 Å². The number of amides is 1. The van der Waals surface area contributed by atoms with Crippen LogP contribution in [-0.2, 0) is 0 Å². The van der Waals surface area contributed by atoms with Crippen LogP contribution in [0.15, 0.2) is 18.2 Å². The van der Waals surface area contributed by atoms with Gasteiger partial charge in [-0.05, 0) is 50.7 Å². The lowest BCUT2D eigenvalue weighted by molar-refractivity contribution is -0.384. The zero-order valence-corrected chi connectivity index (χ0v) is 15.9. The van der Waals surface area contributed by atoms with Crippen LogP contribution in [0.1, 0.15) is 43.0 Å². The monoisotopic (exact) mass is 382 g/mol. The second-order valence-electron chi connectivity index (χ2n) is 7.17. The summed E-state index contributed by atoms with van der Waals surface area (Å²) in [4.78, 5) is 27.8. The predicted molar refractivity (Wildman–Crippen MR) is 104 cm³/mol. The maximum Gasteiger partial charge on any atom is 0.293 e. The molecular weight excluding hydrogens is 356 g/mol. The Kier molecular flexibility index (Phi) is 6.83.